The van der Waals surface area contributed by atoms with Crippen LogP contribution >= 0.6 is 11.6 Å². The Hall–Kier alpha value is -0.830. The van der Waals surface area contributed by atoms with Gasteiger partial charge in [-0.3, -0.25) is 4.79 Å². The number of aryl methyl sites for hydroxylation is 1. The van der Waals surface area contributed by atoms with Crippen molar-refractivity contribution in [1.29, 1.82) is 0 Å². The lowest BCUT2D eigenvalue weighted by Crippen LogP contribution is -2.59. The molecule has 0 aliphatic heterocycles. The van der Waals surface area contributed by atoms with E-state index in [-0.39, 0.29) is 29.5 Å². The summed E-state index contributed by atoms with van der Waals surface area (Å²) in [6.45, 7) is 14.3. The molecule has 2 unspecified atom stereocenters. The van der Waals surface area contributed by atoms with E-state index in [4.69, 9.17) is 25.8 Å². The Bertz CT molecular complexity index is 874. The fourth-order valence-corrected chi connectivity index (χ4v) is 6.15. The number of benzene rings is 1. The first kappa shape index (κ1) is 31.4. The van der Waals surface area contributed by atoms with Crippen LogP contribution in [-0.2, 0) is 42.3 Å². The van der Waals surface area contributed by atoms with Gasteiger partial charge in [-0.05, 0) is 81.9 Å². The van der Waals surface area contributed by atoms with Gasteiger partial charge in [-0.1, -0.05) is 44.5 Å². The quantitative estimate of drug-likeness (QED) is 0.209. The highest BCUT2D eigenvalue weighted by Gasteiger charge is 2.54. The van der Waals surface area contributed by atoms with E-state index in [2.05, 4.69) is 25.5 Å². The van der Waals surface area contributed by atoms with Crippen LogP contribution in [0, 0.1) is 23.2 Å². The molecule has 6 nitrogen and oxygen atoms in total. The summed E-state index contributed by atoms with van der Waals surface area (Å²) in [4.78, 5) is 13.3. The van der Waals surface area contributed by atoms with Crippen LogP contribution in [0.25, 0.3) is 0 Å². The third kappa shape index (κ3) is 7.61. The van der Waals surface area contributed by atoms with Crippen molar-refractivity contribution in [2.24, 2.45) is 23.2 Å². The maximum absolute atomic E-state index is 13.4. The van der Waals surface area contributed by atoms with Crippen LogP contribution in [-0.4, -0.2) is 42.9 Å². The fourth-order valence-electron chi connectivity index (χ4n) is 4.94. The molecule has 36 heavy (non-hydrogen) atoms. The van der Waals surface area contributed by atoms with Crippen molar-refractivity contribution in [1.82, 2.24) is 4.72 Å². The normalized spacial score (nSPS) is 22.0. The standard InChI is InChI=1S/C28H46ClNO5S/c1-26(2,3)14-13-18-11-12-21(17-22(18)29)28(7,30-36(32)27(4,5)6)23(24(31)33-8)19-15-20(16-19)25(34-9)35-10/h11-12,17,19-20,23,25,30H,13-16H2,1-10H3/t19?,20?,23?,28-,36?/m0/s1. The van der Waals surface area contributed by atoms with Crippen molar-refractivity contribution in [3.8, 4) is 0 Å². The van der Waals surface area contributed by atoms with Gasteiger partial charge in [-0.2, -0.15) is 0 Å². The Balaban J connectivity index is 2.49. The van der Waals surface area contributed by atoms with Gasteiger partial charge in [0.25, 0.3) is 0 Å². The number of hydrogen-bond acceptors (Lipinski definition) is 6. The average Bonchev–Trinajstić information content (AvgIpc) is 2.75. The summed E-state index contributed by atoms with van der Waals surface area (Å²) < 4.78 is 32.4. The minimum absolute atomic E-state index is 0.00376. The van der Waals surface area contributed by atoms with E-state index in [0.717, 1.165) is 36.8 Å². The molecule has 1 aliphatic rings. The van der Waals surface area contributed by atoms with Gasteiger partial charge in [-0.15, -0.1) is 4.72 Å². The molecule has 1 aromatic rings. The van der Waals surface area contributed by atoms with Crippen molar-refractivity contribution < 1.29 is 23.6 Å². The molecule has 0 heterocycles. The van der Waals surface area contributed by atoms with Crippen LogP contribution in [0.3, 0.4) is 0 Å². The Kier molecular flexibility index (Phi) is 10.8. The predicted octanol–water partition coefficient (Wildman–Crippen LogP) is 6.02. The van der Waals surface area contributed by atoms with Crippen LogP contribution in [0.2, 0.25) is 5.02 Å². The lowest BCUT2D eigenvalue weighted by molar-refractivity contribution is -0.179. The van der Waals surface area contributed by atoms with Gasteiger partial charge in [0.15, 0.2) is 6.29 Å². The second kappa shape index (κ2) is 12.4. The van der Waals surface area contributed by atoms with E-state index >= 15 is 0 Å². The van der Waals surface area contributed by atoms with E-state index in [1.165, 1.54) is 7.11 Å². The summed E-state index contributed by atoms with van der Waals surface area (Å²) in [5, 5.41) is 0.653. The molecule has 2 rings (SSSR count). The van der Waals surface area contributed by atoms with Crippen LogP contribution in [0.15, 0.2) is 18.2 Å². The topological polar surface area (TPSA) is 79.9 Å². The number of halogens is 1. The summed E-state index contributed by atoms with van der Waals surface area (Å²) in [6, 6.07) is 5.97. The molecule has 0 spiro atoms. The van der Waals surface area contributed by atoms with E-state index < -0.39 is 27.6 Å². The first-order valence-corrected chi connectivity index (χ1v) is 14.2. The van der Waals surface area contributed by atoms with Crippen molar-refractivity contribution in [3.05, 3.63) is 34.3 Å². The first-order valence-electron chi connectivity index (χ1n) is 12.7. The number of nitrogens with one attached hydrogen (secondary N) is 1. The maximum atomic E-state index is 13.4. The highest BCUT2D eigenvalue weighted by Crippen LogP contribution is 2.49. The number of ether oxygens (including phenoxy) is 3. The largest absolute Gasteiger partial charge is 0.598 e. The fraction of sp³-hybridized carbons (Fsp3) is 0.750. The van der Waals surface area contributed by atoms with Gasteiger partial charge in [-0.25, -0.2) is 0 Å². The number of carbonyl (C=O) groups is 1. The van der Waals surface area contributed by atoms with Crippen molar-refractivity contribution in [2.75, 3.05) is 21.3 Å². The summed E-state index contributed by atoms with van der Waals surface area (Å²) in [5.41, 5.74) is 1.11. The lowest BCUT2D eigenvalue weighted by atomic mass is 9.61. The van der Waals surface area contributed by atoms with Gasteiger partial charge in [0.05, 0.1) is 18.6 Å². The van der Waals surface area contributed by atoms with Gasteiger partial charge in [0.2, 0.25) is 0 Å². The van der Waals surface area contributed by atoms with Gasteiger partial charge in [0.1, 0.15) is 4.75 Å². The summed E-state index contributed by atoms with van der Waals surface area (Å²) in [7, 11) is 4.66. The third-order valence-corrected chi connectivity index (χ3v) is 9.34. The molecule has 0 saturated heterocycles. The molecule has 0 aromatic heterocycles. The Labute approximate surface area is 226 Å². The molecule has 1 N–H and O–H groups in total. The molecule has 1 fully saturated rings. The van der Waals surface area contributed by atoms with Crippen molar-refractivity contribution in [2.45, 2.75) is 90.7 Å². The van der Waals surface area contributed by atoms with Gasteiger partial charge < -0.3 is 18.8 Å². The highest BCUT2D eigenvalue weighted by atomic mass is 35.5. The zero-order valence-corrected chi connectivity index (χ0v) is 25.3. The average molecular weight is 544 g/mol. The zero-order valence-electron chi connectivity index (χ0n) is 23.7. The third-order valence-electron chi connectivity index (χ3n) is 7.27. The van der Waals surface area contributed by atoms with E-state index in [1.807, 2.05) is 45.9 Å². The molecule has 1 saturated carbocycles. The molecule has 1 aliphatic carbocycles. The first-order chi connectivity index (χ1) is 16.6. The van der Waals surface area contributed by atoms with Gasteiger partial charge >= 0.3 is 5.97 Å². The molecular weight excluding hydrogens is 498 g/mol. The second-order valence-electron chi connectivity index (χ2n) is 12.4. The van der Waals surface area contributed by atoms with Crippen molar-refractivity contribution >= 4 is 28.9 Å². The van der Waals surface area contributed by atoms with E-state index in [9.17, 15) is 9.35 Å². The Morgan fingerprint density at radius 1 is 1.08 bits per heavy atom. The van der Waals surface area contributed by atoms with E-state index in [0.29, 0.717) is 5.02 Å². The molecule has 3 atom stereocenters. The molecular formula is C28H46ClNO5S. The smallest absolute Gasteiger partial charge is 0.311 e. The summed E-state index contributed by atoms with van der Waals surface area (Å²) in [6.07, 6.45) is 3.02. The van der Waals surface area contributed by atoms with Crippen LogP contribution in [0.1, 0.15) is 78.9 Å². The second-order valence-corrected chi connectivity index (χ2v) is 14.8. The summed E-state index contributed by atoms with van der Waals surface area (Å²) >= 11 is 5.35. The van der Waals surface area contributed by atoms with Crippen LogP contribution < -0.4 is 4.72 Å². The van der Waals surface area contributed by atoms with E-state index in [1.54, 1.807) is 14.2 Å². The molecule has 206 valence electrons. The molecule has 0 radical (unpaired) electrons. The maximum Gasteiger partial charge on any atom is 0.311 e. The van der Waals surface area contributed by atoms with Crippen molar-refractivity contribution in [3.63, 3.8) is 0 Å². The number of esters is 1. The Morgan fingerprint density at radius 2 is 1.67 bits per heavy atom. The summed E-state index contributed by atoms with van der Waals surface area (Å²) in [5.74, 6) is -0.725. The molecule has 0 bridgehead atoms. The minimum atomic E-state index is -1.44. The predicted molar refractivity (Wildman–Crippen MR) is 147 cm³/mol. The zero-order chi connectivity index (χ0) is 27.5. The Morgan fingerprint density at radius 3 is 2.11 bits per heavy atom. The van der Waals surface area contributed by atoms with Crippen LogP contribution in [0.4, 0.5) is 0 Å². The minimum Gasteiger partial charge on any atom is -0.598 e. The lowest BCUT2D eigenvalue weighted by Gasteiger charge is -2.48. The molecule has 1 aromatic carbocycles. The number of hydrogen-bond donors (Lipinski definition) is 1. The number of carbonyl (C=O) groups excluding carboxylic acids is 1. The number of rotatable bonds is 11. The van der Waals surface area contributed by atoms with Crippen LogP contribution in [0.5, 0.6) is 0 Å². The number of methoxy groups -OCH3 is 3. The molecule has 8 heteroatoms. The molecule has 0 amide bonds. The monoisotopic (exact) mass is 543 g/mol. The SMILES string of the molecule is COC(=O)C(C1CC(C(OC)OC)C1)[C@@](C)(N[S+]([O-])C(C)(C)C)c1ccc(CCC(C)(C)C)c(Cl)c1. The highest BCUT2D eigenvalue weighted by molar-refractivity contribution is 7.90. The van der Waals surface area contributed by atoms with Gasteiger partial charge in [0, 0.05) is 36.5 Å².